The first-order valence-corrected chi connectivity index (χ1v) is 7.69. The van der Waals surface area contributed by atoms with Gasteiger partial charge in [0.2, 0.25) is 5.91 Å². The molecule has 0 radical (unpaired) electrons. The summed E-state index contributed by atoms with van der Waals surface area (Å²) >= 11 is 1.51. The first kappa shape index (κ1) is 15.5. The predicted octanol–water partition coefficient (Wildman–Crippen LogP) is 3.29. The number of carbonyl (C=O) groups excluding carboxylic acids is 1. The van der Waals surface area contributed by atoms with Crippen molar-refractivity contribution < 1.29 is 14.3 Å². The van der Waals surface area contributed by atoms with E-state index < -0.39 is 6.10 Å². The van der Waals surface area contributed by atoms with Gasteiger partial charge in [0.05, 0.1) is 6.10 Å². The van der Waals surface area contributed by atoms with E-state index in [0.29, 0.717) is 12.2 Å². The molecule has 21 heavy (non-hydrogen) atoms. The molecule has 0 aromatic carbocycles. The Kier molecular flexibility index (Phi) is 5.36. The lowest BCUT2D eigenvalue weighted by Crippen LogP contribution is -2.32. The number of furan rings is 1. The smallest absolute Gasteiger partial charge is 0.244 e. The van der Waals surface area contributed by atoms with Crippen molar-refractivity contribution in [3.8, 4) is 0 Å². The van der Waals surface area contributed by atoms with Crippen LogP contribution in [0.4, 0.5) is 0 Å². The number of aliphatic hydroxyl groups excluding tert-OH is 1. The van der Waals surface area contributed by atoms with Crippen LogP contribution in [-0.2, 0) is 4.79 Å². The molecule has 2 aromatic heterocycles. The lowest BCUT2D eigenvalue weighted by atomic mass is 10.1. The largest absolute Gasteiger partial charge is 0.462 e. The van der Waals surface area contributed by atoms with Crippen LogP contribution in [0.25, 0.3) is 6.08 Å². The Balaban J connectivity index is 1.80. The second-order valence-corrected chi connectivity index (χ2v) is 5.94. The summed E-state index contributed by atoms with van der Waals surface area (Å²) in [7, 11) is 0. The molecular formula is C16H19NO3S. The van der Waals surface area contributed by atoms with E-state index in [9.17, 15) is 9.90 Å². The summed E-state index contributed by atoms with van der Waals surface area (Å²) < 4.78 is 5.35. The van der Waals surface area contributed by atoms with Gasteiger partial charge in [-0.1, -0.05) is 6.07 Å². The van der Waals surface area contributed by atoms with Crippen molar-refractivity contribution >= 4 is 23.3 Å². The Bertz CT molecular complexity index is 601. The Hall–Kier alpha value is -1.85. The van der Waals surface area contributed by atoms with Crippen molar-refractivity contribution in [2.24, 2.45) is 0 Å². The third-order valence-electron chi connectivity index (χ3n) is 3.00. The van der Waals surface area contributed by atoms with E-state index in [1.54, 1.807) is 6.08 Å². The van der Waals surface area contributed by atoms with Gasteiger partial charge in [-0.2, -0.15) is 0 Å². The van der Waals surface area contributed by atoms with Crippen LogP contribution in [0, 0.1) is 6.92 Å². The van der Waals surface area contributed by atoms with Gasteiger partial charge < -0.3 is 14.8 Å². The molecule has 2 N–H and O–H groups in total. The number of carbonyl (C=O) groups is 1. The summed E-state index contributed by atoms with van der Waals surface area (Å²) in [6, 6.07) is 7.34. The van der Waals surface area contributed by atoms with Gasteiger partial charge in [0.25, 0.3) is 0 Å². The second-order valence-electron chi connectivity index (χ2n) is 4.96. The maximum absolute atomic E-state index is 11.8. The highest BCUT2D eigenvalue weighted by molar-refractivity contribution is 7.10. The summed E-state index contributed by atoms with van der Waals surface area (Å²) in [5.41, 5.74) is 0. The molecular weight excluding hydrogens is 286 g/mol. The molecule has 112 valence electrons. The summed E-state index contributed by atoms with van der Waals surface area (Å²) in [6.45, 7) is 3.73. The number of nitrogens with one attached hydrogen (secondary N) is 1. The fraction of sp³-hybridized carbons (Fsp3) is 0.312. The van der Waals surface area contributed by atoms with E-state index >= 15 is 0 Å². The number of hydrogen-bond acceptors (Lipinski definition) is 4. The normalized spacial score (nSPS) is 14.2. The van der Waals surface area contributed by atoms with Gasteiger partial charge in [-0.3, -0.25) is 4.79 Å². The number of amides is 1. The van der Waals surface area contributed by atoms with Gasteiger partial charge in [0, 0.05) is 17.0 Å². The molecule has 0 saturated carbocycles. The fourth-order valence-corrected chi connectivity index (χ4v) is 2.71. The molecule has 2 unspecified atom stereocenters. The maximum Gasteiger partial charge on any atom is 0.244 e. The molecule has 2 aromatic rings. The summed E-state index contributed by atoms with van der Waals surface area (Å²) in [6.07, 6.45) is 3.01. The van der Waals surface area contributed by atoms with E-state index in [1.165, 1.54) is 17.4 Å². The predicted molar refractivity (Wildman–Crippen MR) is 84.0 cm³/mol. The molecule has 5 heteroatoms. The Morgan fingerprint density at radius 3 is 2.90 bits per heavy atom. The van der Waals surface area contributed by atoms with Crippen molar-refractivity contribution in [1.82, 2.24) is 5.32 Å². The van der Waals surface area contributed by atoms with Crippen molar-refractivity contribution in [3.05, 3.63) is 52.1 Å². The number of rotatable bonds is 6. The minimum atomic E-state index is -0.544. The van der Waals surface area contributed by atoms with Gasteiger partial charge in [-0.15, -0.1) is 11.3 Å². The first-order valence-electron chi connectivity index (χ1n) is 6.81. The van der Waals surface area contributed by atoms with Crippen LogP contribution in [0.5, 0.6) is 0 Å². The summed E-state index contributed by atoms with van der Waals surface area (Å²) in [5, 5.41) is 14.8. The van der Waals surface area contributed by atoms with Crippen LogP contribution in [-0.4, -0.2) is 17.1 Å². The third-order valence-corrected chi connectivity index (χ3v) is 3.97. The molecule has 0 fully saturated rings. The molecule has 0 aliphatic heterocycles. The molecule has 4 nitrogen and oxygen atoms in total. The topological polar surface area (TPSA) is 62.5 Å². The SMILES string of the molecule is Cc1ccc(/C=C/C(=O)NC(C)CC(O)c2cccs2)o1. The van der Waals surface area contributed by atoms with Crippen molar-refractivity contribution in [2.75, 3.05) is 0 Å². The standard InChI is InChI=1S/C16H19NO3S/c1-11(10-14(18)15-4-3-9-21-15)17-16(19)8-7-13-6-5-12(2)20-13/h3-9,11,14,18H,10H2,1-2H3,(H,17,19)/b8-7+. The van der Waals surface area contributed by atoms with E-state index in [2.05, 4.69) is 5.32 Å². The van der Waals surface area contributed by atoms with Crippen molar-refractivity contribution in [3.63, 3.8) is 0 Å². The maximum atomic E-state index is 11.8. The molecule has 0 bridgehead atoms. The van der Waals surface area contributed by atoms with Crippen LogP contribution in [0.1, 0.15) is 35.8 Å². The average Bonchev–Trinajstić information content (AvgIpc) is 3.07. The highest BCUT2D eigenvalue weighted by atomic mass is 32.1. The van der Waals surface area contributed by atoms with Crippen molar-refractivity contribution in [2.45, 2.75) is 32.4 Å². The van der Waals surface area contributed by atoms with Crippen LogP contribution in [0.3, 0.4) is 0 Å². The molecule has 2 heterocycles. The number of thiophene rings is 1. The average molecular weight is 305 g/mol. The highest BCUT2D eigenvalue weighted by Crippen LogP contribution is 2.22. The second kappa shape index (κ2) is 7.24. The zero-order chi connectivity index (χ0) is 15.2. The Morgan fingerprint density at radius 1 is 1.48 bits per heavy atom. The zero-order valence-corrected chi connectivity index (χ0v) is 12.9. The van der Waals surface area contributed by atoms with Gasteiger partial charge in [0.15, 0.2) is 0 Å². The molecule has 0 aliphatic carbocycles. The lowest BCUT2D eigenvalue weighted by molar-refractivity contribution is -0.117. The summed E-state index contributed by atoms with van der Waals surface area (Å²) in [5.74, 6) is 1.26. The number of hydrogen-bond donors (Lipinski definition) is 2. The quantitative estimate of drug-likeness (QED) is 0.805. The number of aliphatic hydroxyl groups is 1. The molecule has 0 saturated heterocycles. The Morgan fingerprint density at radius 2 is 2.29 bits per heavy atom. The minimum Gasteiger partial charge on any atom is -0.462 e. The zero-order valence-electron chi connectivity index (χ0n) is 12.1. The Labute approximate surface area is 128 Å². The summed E-state index contributed by atoms with van der Waals surface area (Å²) in [4.78, 5) is 12.7. The fourth-order valence-electron chi connectivity index (χ4n) is 1.98. The van der Waals surface area contributed by atoms with Gasteiger partial charge in [-0.05, 0) is 49.9 Å². The van der Waals surface area contributed by atoms with E-state index in [4.69, 9.17) is 4.42 Å². The third kappa shape index (κ3) is 4.88. The van der Waals surface area contributed by atoms with E-state index in [1.807, 2.05) is 43.5 Å². The number of aryl methyl sites for hydroxylation is 1. The highest BCUT2D eigenvalue weighted by Gasteiger charge is 2.14. The minimum absolute atomic E-state index is 0.113. The van der Waals surface area contributed by atoms with E-state index in [0.717, 1.165) is 10.6 Å². The first-order chi connectivity index (χ1) is 10.0. The van der Waals surface area contributed by atoms with Crippen LogP contribution >= 0.6 is 11.3 Å². The molecule has 0 aliphatic rings. The molecule has 2 atom stereocenters. The molecule has 2 rings (SSSR count). The van der Waals surface area contributed by atoms with Crippen LogP contribution < -0.4 is 5.32 Å². The van der Waals surface area contributed by atoms with Crippen molar-refractivity contribution in [1.29, 1.82) is 0 Å². The molecule has 1 amide bonds. The van der Waals surface area contributed by atoms with Crippen LogP contribution in [0.2, 0.25) is 0 Å². The monoisotopic (exact) mass is 305 g/mol. The van der Waals surface area contributed by atoms with Gasteiger partial charge >= 0.3 is 0 Å². The van der Waals surface area contributed by atoms with Crippen LogP contribution in [0.15, 0.2) is 40.1 Å². The molecule has 0 spiro atoms. The van der Waals surface area contributed by atoms with E-state index in [-0.39, 0.29) is 11.9 Å². The van der Waals surface area contributed by atoms with Gasteiger partial charge in [-0.25, -0.2) is 0 Å². The van der Waals surface area contributed by atoms with Gasteiger partial charge in [0.1, 0.15) is 11.5 Å². The lowest BCUT2D eigenvalue weighted by Gasteiger charge is -2.16.